The second-order valence-electron chi connectivity index (χ2n) is 6.97. The third kappa shape index (κ3) is 5.82. The van der Waals surface area contributed by atoms with E-state index >= 15 is 0 Å². The van der Waals surface area contributed by atoms with Crippen molar-refractivity contribution in [2.24, 2.45) is 17.1 Å². The van der Waals surface area contributed by atoms with E-state index in [0.717, 1.165) is 38.0 Å². The molecule has 2 unspecified atom stereocenters. The highest BCUT2D eigenvalue weighted by atomic mass is 16.3. The summed E-state index contributed by atoms with van der Waals surface area (Å²) in [4.78, 5) is 11.7. The van der Waals surface area contributed by atoms with E-state index in [2.05, 4.69) is 6.92 Å². The molecule has 0 aromatic heterocycles. The zero-order valence-electron chi connectivity index (χ0n) is 13.4. The lowest BCUT2D eigenvalue weighted by Gasteiger charge is -2.29. The van der Waals surface area contributed by atoms with Crippen molar-refractivity contribution in [2.75, 3.05) is 0 Å². The number of carbonyl (C=O) groups excluding carboxylic acids is 1. The van der Waals surface area contributed by atoms with Gasteiger partial charge in [-0.1, -0.05) is 58.8 Å². The number of primary amides is 1. The molecule has 3 N–H and O–H groups in total. The SMILES string of the molecule is CCCCC(C)(CC(O)CCC1CCCCC1)C(N)=O. The summed E-state index contributed by atoms with van der Waals surface area (Å²) in [5, 5.41) is 10.3. The summed E-state index contributed by atoms with van der Waals surface area (Å²) in [5.41, 5.74) is 5.01. The van der Waals surface area contributed by atoms with E-state index in [4.69, 9.17) is 5.73 Å². The average molecular weight is 283 g/mol. The Morgan fingerprint density at radius 3 is 2.55 bits per heavy atom. The molecule has 0 spiro atoms. The van der Waals surface area contributed by atoms with Gasteiger partial charge in [0, 0.05) is 5.41 Å². The van der Waals surface area contributed by atoms with Gasteiger partial charge in [-0.25, -0.2) is 0 Å². The number of amides is 1. The van der Waals surface area contributed by atoms with Crippen molar-refractivity contribution >= 4 is 5.91 Å². The van der Waals surface area contributed by atoms with Gasteiger partial charge in [0.05, 0.1) is 6.10 Å². The van der Waals surface area contributed by atoms with E-state index in [1.165, 1.54) is 32.1 Å². The number of hydrogen-bond acceptors (Lipinski definition) is 2. The molecular formula is C17H33NO2. The van der Waals surface area contributed by atoms with Crippen LogP contribution in [0.5, 0.6) is 0 Å². The quantitative estimate of drug-likeness (QED) is 0.676. The van der Waals surface area contributed by atoms with Gasteiger partial charge in [-0.2, -0.15) is 0 Å². The summed E-state index contributed by atoms with van der Waals surface area (Å²) in [6.45, 7) is 4.02. The molecule has 118 valence electrons. The van der Waals surface area contributed by atoms with Gasteiger partial charge in [-0.3, -0.25) is 4.79 Å². The molecule has 1 aliphatic carbocycles. The van der Waals surface area contributed by atoms with E-state index in [9.17, 15) is 9.90 Å². The smallest absolute Gasteiger partial charge is 0.223 e. The highest BCUT2D eigenvalue weighted by Gasteiger charge is 2.33. The summed E-state index contributed by atoms with van der Waals surface area (Å²) in [6.07, 6.45) is 11.6. The van der Waals surface area contributed by atoms with Crippen LogP contribution in [-0.2, 0) is 4.79 Å². The Labute approximate surface area is 124 Å². The van der Waals surface area contributed by atoms with Gasteiger partial charge in [0.1, 0.15) is 0 Å². The van der Waals surface area contributed by atoms with Gasteiger partial charge in [-0.15, -0.1) is 0 Å². The van der Waals surface area contributed by atoms with Crippen LogP contribution < -0.4 is 5.73 Å². The van der Waals surface area contributed by atoms with Crippen LogP contribution in [0, 0.1) is 11.3 Å². The van der Waals surface area contributed by atoms with Crippen molar-refractivity contribution in [1.82, 2.24) is 0 Å². The minimum absolute atomic E-state index is 0.261. The molecule has 0 radical (unpaired) electrons. The van der Waals surface area contributed by atoms with Crippen molar-refractivity contribution in [1.29, 1.82) is 0 Å². The van der Waals surface area contributed by atoms with Crippen LogP contribution in [0.2, 0.25) is 0 Å². The lowest BCUT2D eigenvalue weighted by atomic mass is 9.77. The highest BCUT2D eigenvalue weighted by Crippen LogP contribution is 2.33. The molecular weight excluding hydrogens is 250 g/mol. The highest BCUT2D eigenvalue weighted by molar-refractivity contribution is 5.80. The first-order valence-electron chi connectivity index (χ1n) is 8.46. The number of carbonyl (C=O) groups is 1. The Balaban J connectivity index is 2.36. The number of unbranched alkanes of at least 4 members (excludes halogenated alkanes) is 1. The molecule has 1 fully saturated rings. The second-order valence-corrected chi connectivity index (χ2v) is 6.97. The Bertz CT molecular complexity index is 287. The number of rotatable bonds is 9. The standard InChI is InChI=1S/C17H33NO2/c1-3-4-12-17(2,16(18)20)13-15(19)11-10-14-8-6-5-7-9-14/h14-15,19H,3-13H2,1-2H3,(H2,18,20). The molecule has 3 heteroatoms. The largest absolute Gasteiger partial charge is 0.393 e. The molecule has 1 rings (SSSR count). The maximum atomic E-state index is 11.7. The minimum atomic E-state index is -0.540. The van der Waals surface area contributed by atoms with Crippen molar-refractivity contribution in [3.8, 4) is 0 Å². The first-order chi connectivity index (χ1) is 9.48. The first-order valence-corrected chi connectivity index (χ1v) is 8.46. The molecule has 3 nitrogen and oxygen atoms in total. The monoisotopic (exact) mass is 283 g/mol. The van der Waals surface area contributed by atoms with Crippen molar-refractivity contribution in [3.05, 3.63) is 0 Å². The fraction of sp³-hybridized carbons (Fsp3) is 0.941. The fourth-order valence-corrected chi connectivity index (χ4v) is 3.42. The normalized spacial score (nSPS) is 21.4. The fourth-order valence-electron chi connectivity index (χ4n) is 3.42. The third-order valence-electron chi connectivity index (χ3n) is 5.00. The lowest BCUT2D eigenvalue weighted by molar-refractivity contribution is -0.129. The van der Waals surface area contributed by atoms with E-state index < -0.39 is 5.41 Å². The van der Waals surface area contributed by atoms with Crippen molar-refractivity contribution in [2.45, 2.75) is 90.6 Å². The molecule has 20 heavy (non-hydrogen) atoms. The molecule has 0 saturated heterocycles. The van der Waals surface area contributed by atoms with E-state index in [0.29, 0.717) is 6.42 Å². The molecule has 0 heterocycles. The van der Waals surface area contributed by atoms with Crippen LogP contribution in [0.4, 0.5) is 0 Å². The summed E-state index contributed by atoms with van der Waals surface area (Å²) < 4.78 is 0. The Kier molecular flexibility index (Phi) is 7.57. The van der Waals surface area contributed by atoms with Gasteiger partial charge >= 0.3 is 0 Å². The predicted molar refractivity (Wildman–Crippen MR) is 83.3 cm³/mol. The Morgan fingerprint density at radius 1 is 1.35 bits per heavy atom. The number of aliphatic hydroxyl groups is 1. The minimum Gasteiger partial charge on any atom is -0.393 e. The van der Waals surface area contributed by atoms with Crippen LogP contribution >= 0.6 is 0 Å². The number of nitrogens with two attached hydrogens (primary N) is 1. The van der Waals surface area contributed by atoms with Crippen LogP contribution in [0.1, 0.15) is 84.5 Å². The summed E-state index contributed by atoms with van der Waals surface area (Å²) in [5.74, 6) is 0.525. The second kappa shape index (κ2) is 8.66. The number of hydrogen-bond donors (Lipinski definition) is 2. The molecule has 1 amide bonds. The first kappa shape index (κ1) is 17.5. The van der Waals surface area contributed by atoms with Crippen LogP contribution in [0.15, 0.2) is 0 Å². The zero-order chi connectivity index (χ0) is 15.0. The average Bonchev–Trinajstić information content (AvgIpc) is 2.44. The van der Waals surface area contributed by atoms with Crippen molar-refractivity contribution in [3.63, 3.8) is 0 Å². The lowest BCUT2D eigenvalue weighted by Crippen LogP contribution is -2.37. The molecule has 1 saturated carbocycles. The molecule has 2 atom stereocenters. The summed E-state index contributed by atoms with van der Waals surface area (Å²) >= 11 is 0. The third-order valence-corrected chi connectivity index (χ3v) is 5.00. The van der Waals surface area contributed by atoms with Crippen LogP contribution in [-0.4, -0.2) is 17.1 Å². The maximum absolute atomic E-state index is 11.7. The molecule has 0 bridgehead atoms. The van der Waals surface area contributed by atoms with Crippen molar-refractivity contribution < 1.29 is 9.90 Å². The number of aliphatic hydroxyl groups excluding tert-OH is 1. The van der Waals surface area contributed by atoms with Crippen LogP contribution in [0.3, 0.4) is 0 Å². The van der Waals surface area contributed by atoms with E-state index in [-0.39, 0.29) is 12.0 Å². The van der Waals surface area contributed by atoms with Gasteiger partial charge in [0.25, 0.3) is 0 Å². The van der Waals surface area contributed by atoms with Gasteiger partial charge < -0.3 is 10.8 Å². The van der Waals surface area contributed by atoms with E-state index in [1.54, 1.807) is 0 Å². The molecule has 0 aromatic carbocycles. The zero-order valence-corrected chi connectivity index (χ0v) is 13.4. The Hall–Kier alpha value is -0.570. The van der Waals surface area contributed by atoms with Gasteiger partial charge in [0.15, 0.2) is 0 Å². The topological polar surface area (TPSA) is 63.3 Å². The van der Waals surface area contributed by atoms with E-state index in [1.807, 2.05) is 6.92 Å². The molecule has 1 aliphatic rings. The molecule has 0 aromatic rings. The predicted octanol–water partition coefficient (Wildman–Crippen LogP) is 3.78. The Morgan fingerprint density at radius 2 is 2.00 bits per heavy atom. The maximum Gasteiger partial charge on any atom is 0.223 e. The van der Waals surface area contributed by atoms with Gasteiger partial charge in [-0.05, 0) is 31.6 Å². The summed E-state index contributed by atoms with van der Waals surface area (Å²) in [7, 11) is 0. The summed E-state index contributed by atoms with van der Waals surface area (Å²) in [6, 6.07) is 0. The van der Waals surface area contributed by atoms with Crippen LogP contribution in [0.25, 0.3) is 0 Å². The van der Waals surface area contributed by atoms with Gasteiger partial charge in [0.2, 0.25) is 5.91 Å². The molecule has 0 aliphatic heterocycles.